The Morgan fingerprint density at radius 1 is 0.958 bits per heavy atom. The molecule has 0 amide bonds. The fourth-order valence-corrected chi connectivity index (χ4v) is 5.27. The highest BCUT2D eigenvalue weighted by atomic mass is 32.2. The molecule has 1 saturated carbocycles. The molecule has 1 aliphatic carbocycles. The molecule has 2 aromatic rings. The van der Waals surface area contributed by atoms with Crippen LogP contribution < -0.4 is 5.32 Å². The van der Waals surface area contributed by atoms with Crippen molar-refractivity contribution in [1.82, 2.24) is 0 Å². The van der Waals surface area contributed by atoms with Gasteiger partial charge in [-0.2, -0.15) is 0 Å². The van der Waals surface area contributed by atoms with Crippen molar-refractivity contribution in [1.29, 1.82) is 0 Å². The van der Waals surface area contributed by atoms with Crippen molar-refractivity contribution in [3.05, 3.63) is 48.0 Å². The van der Waals surface area contributed by atoms with Crippen molar-refractivity contribution < 1.29 is 0 Å². The molecule has 2 aromatic carbocycles. The fraction of sp³-hybridized carbons (Fsp3) is 0.429. The van der Waals surface area contributed by atoms with E-state index in [1.54, 1.807) is 0 Å². The van der Waals surface area contributed by atoms with Gasteiger partial charge in [-0.05, 0) is 35.7 Å². The van der Waals surface area contributed by atoms with Gasteiger partial charge < -0.3 is 5.32 Å². The van der Waals surface area contributed by atoms with E-state index in [0.717, 1.165) is 0 Å². The normalized spacial score (nSPS) is 20.2. The van der Waals surface area contributed by atoms with Crippen molar-refractivity contribution in [2.75, 3.05) is 5.32 Å². The van der Waals surface area contributed by atoms with Crippen LogP contribution in [0.1, 0.15) is 56.9 Å². The maximum atomic E-state index is 3.64. The van der Waals surface area contributed by atoms with Crippen LogP contribution in [-0.2, 0) is 0 Å². The summed E-state index contributed by atoms with van der Waals surface area (Å²) < 4.78 is 0. The molecule has 1 aliphatic heterocycles. The van der Waals surface area contributed by atoms with Gasteiger partial charge in [0.2, 0.25) is 0 Å². The van der Waals surface area contributed by atoms with Crippen molar-refractivity contribution in [2.24, 2.45) is 0 Å². The Morgan fingerprint density at radius 2 is 1.67 bits per heavy atom. The van der Waals surface area contributed by atoms with Crippen LogP contribution in [0.15, 0.2) is 52.3 Å². The minimum Gasteiger partial charge on any atom is -0.354 e. The minimum atomic E-state index is 0.449. The molecule has 2 aliphatic rings. The van der Waals surface area contributed by atoms with Crippen molar-refractivity contribution in [3.8, 4) is 0 Å². The van der Waals surface area contributed by atoms with Crippen LogP contribution in [0.4, 0.5) is 11.4 Å². The van der Waals surface area contributed by atoms with Gasteiger partial charge in [0.05, 0.1) is 11.4 Å². The Hall–Kier alpha value is -1.35. The quantitative estimate of drug-likeness (QED) is 0.446. The number of fused-ring (bicyclic) bond motifs is 2. The lowest BCUT2D eigenvalue weighted by Gasteiger charge is -2.36. The lowest BCUT2D eigenvalue weighted by Crippen LogP contribution is -2.20. The summed E-state index contributed by atoms with van der Waals surface area (Å²) in [6, 6.07) is 15.7. The van der Waals surface area contributed by atoms with Crippen LogP contribution in [0, 0.1) is 0 Å². The zero-order valence-corrected chi connectivity index (χ0v) is 15.6. The van der Waals surface area contributed by atoms with Crippen LogP contribution in [0.3, 0.4) is 0 Å². The topological polar surface area (TPSA) is 12.0 Å². The predicted molar refractivity (Wildman–Crippen MR) is 108 cm³/mol. The minimum absolute atomic E-state index is 0.449. The highest BCUT2D eigenvalue weighted by molar-refractivity contribution is 7.99. The number of para-hydroxylation sites is 1. The molecule has 1 nitrogen and oxygen atoms in total. The van der Waals surface area contributed by atoms with Gasteiger partial charge in [0.15, 0.2) is 0 Å². The maximum absolute atomic E-state index is 3.64. The number of anilines is 2. The van der Waals surface area contributed by atoms with Gasteiger partial charge >= 0.3 is 0 Å². The highest BCUT2D eigenvalue weighted by Gasteiger charge is 2.33. The van der Waals surface area contributed by atoms with Gasteiger partial charge in [0, 0.05) is 9.79 Å². The van der Waals surface area contributed by atoms with Crippen molar-refractivity contribution in [3.63, 3.8) is 0 Å². The molecule has 4 rings (SSSR count). The highest BCUT2D eigenvalue weighted by Crippen LogP contribution is 2.51. The van der Waals surface area contributed by atoms with E-state index in [0.29, 0.717) is 11.2 Å². The standard InChI is InChI=1S/C21H26BNS/c1-15(21(22)12-6-2-3-7-13-21)16-10-11-20-18(14-16)23-17-8-4-5-9-19(17)24-20/h4-5,8-11,14-15,23H,2-3,6-7,12-13,22H2,1H3. The van der Waals surface area contributed by atoms with E-state index in [9.17, 15) is 0 Å². The van der Waals surface area contributed by atoms with Crippen LogP contribution in [0.2, 0.25) is 5.31 Å². The van der Waals surface area contributed by atoms with Crippen molar-refractivity contribution >= 4 is 31.0 Å². The molecule has 0 saturated heterocycles. The molecular weight excluding hydrogens is 309 g/mol. The Morgan fingerprint density at radius 3 is 2.46 bits per heavy atom. The average molecular weight is 335 g/mol. The van der Waals surface area contributed by atoms with Gasteiger partial charge in [-0.3, -0.25) is 0 Å². The van der Waals surface area contributed by atoms with Gasteiger partial charge in [-0.15, -0.1) is 0 Å². The molecule has 124 valence electrons. The Kier molecular flexibility index (Phi) is 4.38. The maximum Gasteiger partial charge on any atom is 0.110 e. The first-order valence-corrected chi connectivity index (χ1v) is 10.2. The second kappa shape index (κ2) is 6.52. The number of hydrogen-bond donors (Lipinski definition) is 1. The second-order valence-electron chi connectivity index (χ2n) is 7.77. The molecule has 0 radical (unpaired) electrons. The zero-order valence-electron chi connectivity index (χ0n) is 14.8. The molecule has 0 aromatic heterocycles. The summed E-state index contributed by atoms with van der Waals surface area (Å²) in [6.45, 7) is 2.44. The predicted octanol–water partition coefficient (Wildman–Crippen LogP) is 6.14. The van der Waals surface area contributed by atoms with E-state index in [4.69, 9.17) is 0 Å². The van der Waals surface area contributed by atoms with E-state index in [1.165, 1.54) is 65.3 Å². The number of nitrogens with one attached hydrogen (secondary N) is 1. The Labute approximate surface area is 151 Å². The Balaban J connectivity index is 1.62. The molecular formula is C21H26BNS. The SMILES string of the molecule is BC1(C(C)c2ccc3c(c2)Nc2ccccc2S3)CCCCCC1. The first kappa shape index (κ1) is 16.1. The summed E-state index contributed by atoms with van der Waals surface area (Å²) in [5.41, 5.74) is 4.01. The van der Waals surface area contributed by atoms with Gasteiger partial charge in [0.25, 0.3) is 0 Å². The van der Waals surface area contributed by atoms with Crippen LogP contribution >= 0.6 is 11.8 Å². The van der Waals surface area contributed by atoms with Crippen LogP contribution in [0.25, 0.3) is 0 Å². The number of hydrogen-bond acceptors (Lipinski definition) is 2. The third-order valence-corrected chi connectivity index (χ3v) is 7.32. The van der Waals surface area contributed by atoms with E-state index in [2.05, 4.69) is 62.6 Å². The van der Waals surface area contributed by atoms with Crippen molar-refractivity contribution in [2.45, 2.75) is 66.5 Å². The number of rotatable bonds is 2. The third-order valence-electron chi connectivity index (χ3n) is 6.17. The third kappa shape index (κ3) is 2.99. The summed E-state index contributed by atoms with van der Waals surface area (Å²) in [5, 5.41) is 4.09. The lowest BCUT2D eigenvalue weighted by atomic mass is 9.55. The van der Waals surface area contributed by atoms with E-state index in [1.807, 2.05) is 11.8 Å². The summed E-state index contributed by atoms with van der Waals surface area (Å²) in [7, 11) is 2.51. The van der Waals surface area contributed by atoms with Gasteiger partial charge in [-0.1, -0.05) is 80.7 Å². The first-order chi connectivity index (χ1) is 11.7. The molecule has 0 spiro atoms. The summed E-state index contributed by atoms with van der Waals surface area (Å²) in [5.74, 6) is 0.616. The second-order valence-corrected chi connectivity index (χ2v) is 8.85. The smallest absolute Gasteiger partial charge is 0.110 e. The largest absolute Gasteiger partial charge is 0.354 e. The van der Waals surface area contributed by atoms with E-state index in [-0.39, 0.29) is 0 Å². The molecule has 1 unspecified atom stereocenters. The van der Waals surface area contributed by atoms with Crippen LogP contribution in [-0.4, -0.2) is 7.85 Å². The summed E-state index contributed by atoms with van der Waals surface area (Å²) in [6.07, 6.45) is 8.37. The van der Waals surface area contributed by atoms with E-state index >= 15 is 0 Å². The fourth-order valence-electron chi connectivity index (χ4n) is 4.30. The molecule has 24 heavy (non-hydrogen) atoms. The zero-order chi connectivity index (χ0) is 16.6. The molecule has 3 heteroatoms. The number of benzene rings is 2. The molecule has 1 N–H and O–H groups in total. The molecule has 1 fully saturated rings. The van der Waals surface area contributed by atoms with Crippen LogP contribution in [0.5, 0.6) is 0 Å². The molecule has 1 heterocycles. The molecule has 1 atom stereocenters. The Bertz CT molecular complexity index is 734. The average Bonchev–Trinajstić information content (AvgIpc) is 2.84. The van der Waals surface area contributed by atoms with E-state index < -0.39 is 0 Å². The summed E-state index contributed by atoms with van der Waals surface area (Å²) >= 11 is 1.88. The lowest BCUT2D eigenvalue weighted by molar-refractivity contribution is 0.419. The monoisotopic (exact) mass is 335 g/mol. The molecule has 0 bridgehead atoms. The van der Waals surface area contributed by atoms with Gasteiger partial charge in [-0.25, -0.2) is 0 Å². The van der Waals surface area contributed by atoms with Gasteiger partial charge in [0.1, 0.15) is 7.85 Å². The summed E-state index contributed by atoms with van der Waals surface area (Å²) in [4.78, 5) is 2.66. The first-order valence-electron chi connectivity index (χ1n) is 9.34.